The first-order valence-electron chi connectivity index (χ1n) is 6.65. The molecule has 2 aromatic rings. The summed E-state index contributed by atoms with van der Waals surface area (Å²) in [5.74, 6) is -0.102. The molecule has 2 aromatic heterocycles. The third kappa shape index (κ3) is 3.46. The number of carbonyl (C=O) groups excluding carboxylic acids is 1. The highest BCUT2D eigenvalue weighted by Gasteiger charge is 2.16. The quantitative estimate of drug-likeness (QED) is 0.798. The zero-order valence-electron chi connectivity index (χ0n) is 11.8. The van der Waals surface area contributed by atoms with Crippen molar-refractivity contribution in [3.05, 3.63) is 23.2 Å². The van der Waals surface area contributed by atoms with Gasteiger partial charge in [-0.25, -0.2) is 0 Å². The van der Waals surface area contributed by atoms with Crippen LogP contribution in [0.15, 0.2) is 18.3 Å². The number of nitrogens with zero attached hydrogens (tertiary/aromatic N) is 2. The molecular weight excluding hydrogens is 272 g/mol. The van der Waals surface area contributed by atoms with E-state index in [1.807, 2.05) is 26.2 Å². The Morgan fingerprint density at radius 3 is 2.95 bits per heavy atom. The van der Waals surface area contributed by atoms with Gasteiger partial charge in [0, 0.05) is 12.7 Å². The molecule has 0 aliphatic carbocycles. The van der Waals surface area contributed by atoms with Crippen molar-refractivity contribution in [2.75, 3.05) is 32.9 Å². The van der Waals surface area contributed by atoms with Crippen molar-refractivity contribution >= 4 is 33.1 Å². The lowest BCUT2D eigenvalue weighted by Crippen LogP contribution is -2.25. The predicted molar refractivity (Wildman–Crippen MR) is 84.2 cm³/mol. The summed E-state index contributed by atoms with van der Waals surface area (Å²) >= 11 is 1.39. The van der Waals surface area contributed by atoms with Gasteiger partial charge in [-0.05, 0) is 45.6 Å². The van der Waals surface area contributed by atoms with E-state index >= 15 is 0 Å². The lowest BCUT2D eigenvalue weighted by Gasteiger charge is -2.09. The molecule has 0 atom stereocenters. The van der Waals surface area contributed by atoms with Crippen molar-refractivity contribution in [2.45, 2.75) is 12.8 Å². The summed E-state index contributed by atoms with van der Waals surface area (Å²) in [5.41, 5.74) is 7.19. The van der Waals surface area contributed by atoms with Crippen LogP contribution in [0.25, 0.3) is 10.2 Å². The fourth-order valence-corrected chi connectivity index (χ4v) is 2.95. The normalized spacial score (nSPS) is 11.2. The first kappa shape index (κ1) is 14.7. The van der Waals surface area contributed by atoms with Gasteiger partial charge in [0.25, 0.3) is 5.91 Å². The molecule has 0 bridgehead atoms. The van der Waals surface area contributed by atoms with E-state index in [1.54, 1.807) is 6.20 Å². The van der Waals surface area contributed by atoms with E-state index in [0.717, 1.165) is 29.6 Å². The molecule has 0 saturated heterocycles. The fourth-order valence-electron chi connectivity index (χ4n) is 1.95. The fraction of sp³-hybridized carbons (Fsp3) is 0.429. The minimum atomic E-state index is -0.102. The molecule has 1 amide bonds. The van der Waals surface area contributed by atoms with E-state index in [2.05, 4.69) is 15.2 Å². The van der Waals surface area contributed by atoms with E-state index in [-0.39, 0.29) is 5.91 Å². The summed E-state index contributed by atoms with van der Waals surface area (Å²) < 4.78 is 0.947. The van der Waals surface area contributed by atoms with E-state index in [9.17, 15) is 4.79 Å². The molecule has 0 saturated carbocycles. The highest BCUT2D eigenvalue weighted by atomic mass is 32.1. The van der Waals surface area contributed by atoms with Crippen LogP contribution in [0.1, 0.15) is 22.5 Å². The monoisotopic (exact) mass is 292 g/mol. The van der Waals surface area contributed by atoms with Gasteiger partial charge in [-0.2, -0.15) is 0 Å². The Balaban J connectivity index is 1.93. The maximum Gasteiger partial charge on any atom is 0.263 e. The number of rotatable bonds is 6. The summed E-state index contributed by atoms with van der Waals surface area (Å²) in [7, 11) is 4.09. The molecular formula is C14H20N4OS. The van der Waals surface area contributed by atoms with Gasteiger partial charge in [-0.3, -0.25) is 9.78 Å². The highest BCUT2D eigenvalue weighted by molar-refractivity contribution is 7.21. The topological polar surface area (TPSA) is 71.2 Å². The van der Waals surface area contributed by atoms with Crippen LogP contribution in [0.4, 0.5) is 5.69 Å². The summed E-state index contributed by atoms with van der Waals surface area (Å²) in [6, 6.07) is 3.78. The van der Waals surface area contributed by atoms with Crippen LogP contribution >= 0.6 is 11.3 Å². The second-order valence-corrected chi connectivity index (χ2v) is 6.01. The molecule has 20 heavy (non-hydrogen) atoms. The highest BCUT2D eigenvalue weighted by Crippen LogP contribution is 2.31. The van der Waals surface area contributed by atoms with Crippen molar-refractivity contribution in [3.8, 4) is 0 Å². The third-order valence-corrected chi connectivity index (χ3v) is 4.17. The number of nitrogens with one attached hydrogen (secondary N) is 1. The minimum Gasteiger partial charge on any atom is -0.396 e. The Bertz CT molecular complexity index is 594. The Hall–Kier alpha value is -1.66. The van der Waals surface area contributed by atoms with Crippen LogP contribution in [0.3, 0.4) is 0 Å². The minimum absolute atomic E-state index is 0.102. The number of hydrogen-bond donors (Lipinski definition) is 2. The zero-order chi connectivity index (χ0) is 14.5. The number of unbranched alkanes of at least 4 members (excludes halogenated alkanes) is 1. The number of amides is 1. The van der Waals surface area contributed by atoms with Crippen molar-refractivity contribution in [1.29, 1.82) is 0 Å². The molecule has 3 N–H and O–H groups in total. The molecule has 5 nitrogen and oxygen atoms in total. The van der Waals surface area contributed by atoms with Gasteiger partial charge in [0.15, 0.2) is 0 Å². The van der Waals surface area contributed by atoms with E-state index in [0.29, 0.717) is 17.1 Å². The molecule has 0 radical (unpaired) electrons. The summed E-state index contributed by atoms with van der Waals surface area (Å²) in [5, 5.41) is 2.92. The number of hydrogen-bond acceptors (Lipinski definition) is 5. The van der Waals surface area contributed by atoms with Crippen LogP contribution in [0.2, 0.25) is 0 Å². The number of fused-ring (bicyclic) bond motifs is 1. The Kier molecular flexibility index (Phi) is 4.92. The number of thiophene rings is 1. The number of anilines is 1. The first-order valence-corrected chi connectivity index (χ1v) is 7.47. The Morgan fingerprint density at radius 1 is 1.45 bits per heavy atom. The Morgan fingerprint density at radius 2 is 2.25 bits per heavy atom. The number of aromatic nitrogens is 1. The van der Waals surface area contributed by atoms with Crippen LogP contribution in [0.5, 0.6) is 0 Å². The maximum absolute atomic E-state index is 12.1. The van der Waals surface area contributed by atoms with E-state index < -0.39 is 0 Å². The van der Waals surface area contributed by atoms with Gasteiger partial charge >= 0.3 is 0 Å². The SMILES string of the molecule is CN(C)CCCCNC(=O)c1sc2cccnc2c1N. The summed E-state index contributed by atoms with van der Waals surface area (Å²) in [6.45, 7) is 1.71. The van der Waals surface area contributed by atoms with Gasteiger partial charge in [0.1, 0.15) is 10.4 Å². The summed E-state index contributed by atoms with van der Waals surface area (Å²) in [4.78, 5) is 19.0. The second kappa shape index (κ2) is 6.67. The maximum atomic E-state index is 12.1. The average molecular weight is 292 g/mol. The molecule has 0 aromatic carbocycles. The van der Waals surface area contributed by atoms with Gasteiger partial charge < -0.3 is 16.0 Å². The van der Waals surface area contributed by atoms with E-state index in [1.165, 1.54) is 11.3 Å². The summed E-state index contributed by atoms with van der Waals surface area (Å²) in [6.07, 6.45) is 3.72. The standard InChI is InChI=1S/C14H20N4OS/c1-18(2)9-4-3-7-17-14(19)13-11(15)12-10(20-13)6-5-8-16-12/h5-6,8H,3-4,7,9,15H2,1-2H3,(H,17,19). The molecule has 0 unspecified atom stereocenters. The smallest absolute Gasteiger partial charge is 0.263 e. The molecule has 0 aliphatic heterocycles. The predicted octanol–water partition coefficient (Wildman–Crippen LogP) is 1.95. The van der Waals surface area contributed by atoms with Crippen LogP contribution in [-0.4, -0.2) is 43.0 Å². The van der Waals surface area contributed by atoms with Crippen molar-refractivity contribution in [1.82, 2.24) is 15.2 Å². The first-order chi connectivity index (χ1) is 9.59. The molecule has 2 rings (SSSR count). The van der Waals surface area contributed by atoms with Gasteiger partial charge in [-0.15, -0.1) is 11.3 Å². The largest absolute Gasteiger partial charge is 0.396 e. The van der Waals surface area contributed by atoms with Crippen LogP contribution < -0.4 is 11.1 Å². The molecule has 6 heteroatoms. The molecule has 0 fully saturated rings. The number of nitrogens with two attached hydrogens (primary N) is 1. The zero-order valence-corrected chi connectivity index (χ0v) is 12.7. The lowest BCUT2D eigenvalue weighted by atomic mass is 10.3. The van der Waals surface area contributed by atoms with Gasteiger partial charge in [0.2, 0.25) is 0 Å². The third-order valence-electron chi connectivity index (χ3n) is 3.01. The number of nitrogen functional groups attached to an aromatic ring is 1. The number of pyridine rings is 1. The van der Waals surface area contributed by atoms with E-state index in [4.69, 9.17) is 5.73 Å². The van der Waals surface area contributed by atoms with Crippen LogP contribution in [-0.2, 0) is 0 Å². The molecule has 2 heterocycles. The van der Waals surface area contributed by atoms with Gasteiger partial charge in [0.05, 0.1) is 10.4 Å². The van der Waals surface area contributed by atoms with Crippen molar-refractivity contribution < 1.29 is 4.79 Å². The van der Waals surface area contributed by atoms with Crippen molar-refractivity contribution in [2.24, 2.45) is 0 Å². The molecule has 108 valence electrons. The average Bonchev–Trinajstić information content (AvgIpc) is 2.76. The number of carbonyl (C=O) groups is 1. The second-order valence-electron chi connectivity index (χ2n) is 4.96. The lowest BCUT2D eigenvalue weighted by molar-refractivity contribution is 0.0957. The molecule has 0 aliphatic rings. The Labute approximate surface area is 122 Å². The molecule has 0 spiro atoms. The van der Waals surface area contributed by atoms with Gasteiger partial charge in [-0.1, -0.05) is 0 Å². The van der Waals surface area contributed by atoms with Crippen LogP contribution in [0, 0.1) is 0 Å². The van der Waals surface area contributed by atoms with Crippen molar-refractivity contribution in [3.63, 3.8) is 0 Å².